The van der Waals surface area contributed by atoms with Crippen LogP contribution < -0.4 is 15.4 Å². The van der Waals surface area contributed by atoms with Crippen molar-refractivity contribution in [3.63, 3.8) is 0 Å². The van der Waals surface area contributed by atoms with E-state index in [-0.39, 0.29) is 5.91 Å². The summed E-state index contributed by atoms with van der Waals surface area (Å²) in [5.74, 6) is 2.47. The molecule has 0 bridgehead atoms. The second-order valence-corrected chi connectivity index (χ2v) is 10.3. The fourth-order valence-electron chi connectivity index (χ4n) is 5.16. The highest BCUT2D eigenvalue weighted by Crippen LogP contribution is 2.46. The number of carbonyl (C=O) groups is 1. The number of aromatic nitrogens is 4. The minimum absolute atomic E-state index is 0.102. The van der Waals surface area contributed by atoms with E-state index in [0.717, 1.165) is 49.5 Å². The molecule has 2 N–H and O–H groups in total. The zero-order chi connectivity index (χ0) is 25.8. The van der Waals surface area contributed by atoms with Gasteiger partial charge in [0.15, 0.2) is 0 Å². The van der Waals surface area contributed by atoms with Crippen LogP contribution in [0.5, 0.6) is 5.75 Å². The second-order valence-electron chi connectivity index (χ2n) is 10.3. The topological polar surface area (TPSA) is 97.2 Å². The Morgan fingerprint density at radius 3 is 2.51 bits per heavy atom. The van der Waals surface area contributed by atoms with Crippen LogP contribution in [0.3, 0.4) is 0 Å². The van der Waals surface area contributed by atoms with Gasteiger partial charge in [-0.15, -0.1) is 0 Å². The van der Waals surface area contributed by atoms with E-state index in [9.17, 15) is 4.79 Å². The number of methoxy groups -OCH3 is 1. The Kier molecular flexibility index (Phi) is 7.69. The summed E-state index contributed by atoms with van der Waals surface area (Å²) >= 11 is 0. The molecular formula is C28H37N7O2. The number of piperidine rings is 1. The van der Waals surface area contributed by atoms with E-state index in [1.807, 2.05) is 41.6 Å². The molecule has 0 radical (unpaired) electrons. The van der Waals surface area contributed by atoms with E-state index in [4.69, 9.17) is 4.74 Å². The lowest BCUT2D eigenvalue weighted by Crippen LogP contribution is -2.31. The van der Waals surface area contributed by atoms with Crippen molar-refractivity contribution in [1.29, 1.82) is 0 Å². The van der Waals surface area contributed by atoms with Gasteiger partial charge in [0.2, 0.25) is 5.95 Å². The van der Waals surface area contributed by atoms with Crippen LogP contribution in [0.25, 0.3) is 0 Å². The monoisotopic (exact) mass is 503 g/mol. The summed E-state index contributed by atoms with van der Waals surface area (Å²) in [6.07, 6.45) is 14.0. The molecule has 0 unspecified atom stereocenters. The highest BCUT2D eigenvalue weighted by atomic mass is 16.5. The van der Waals surface area contributed by atoms with Crippen LogP contribution in [0.2, 0.25) is 0 Å². The van der Waals surface area contributed by atoms with Gasteiger partial charge in [0.05, 0.1) is 19.0 Å². The molecular weight excluding hydrogens is 466 g/mol. The van der Waals surface area contributed by atoms with E-state index >= 15 is 0 Å². The Morgan fingerprint density at radius 1 is 1.08 bits per heavy atom. The number of anilines is 2. The first-order valence-electron chi connectivity index (χ1n) is 13.2. The largest absolute Gasteiger partial charge is 0.496 e. The normalized spacial score (nSPS) is 16.5. The standard InChI is InChI=1S/C28H37N7O2/c1-29-27(36)23-12-22(26(21-6-7-21)25(13-23)37-3)5-4-20-14-30-28(31-15-20)33-24-16-32-35(18-24)17-19-8-10-34(2)11-9-19/h12-16,18-19,21H,4-11,17H2,1-3H3,(H,29,36)(H,30,31,33). The molecule has 196 valence electrons. The Balaban J connectivity index is 1.20. The van der Waals surface area contributed by atoms with E-state index in [1.54, 1.807) is 14.2 Å². The zero-order valence-electron chi connectivity index (χ0n) is 22.0. The Bertz CT molecular complexity index is 1210. The van der Waals surface area contributed by atoms with Crippen LogP contribution in [-0.4, -0.2) is 64.9 Å². The predicted octanol–water partition coefficient (Wildman–Crippen LogP) is 3.79. The second kappa shape index (κ2) is 11.3. The predicted molar refractivity (Wildman–Crippen MR) is 144 cm³/mol. The van der Waals surface area contributed by atoms with Gasteiger partial charge in [-0.1, -0.05) is 0 Å². The van der Waals surface area contributed by atoms with Crippen LogP contribution >= 0.6 is 0 Å². The Hall–Kier alpha value is -3.46. The van der Waals surface area contributed by atoms with Gasteiger partial charge in [0, 0.05) is 43.3 Å². The lowest BCUT2D eigenvalue weighted by atomic mass is 9.94. The maximum Gasteiger partial charge on any atom is 0.251 e. The lowest BCUT2D eigenvalue weighted by Gasteiger charge is -2.28. The fourth-order valence-corrected chi connectivity index (χ4v) is 5.16. The van der Waals surface area contributed by atoms with Crippen molar-refractivity contribution < 1.29 is 9.53 Å². The molecule has 2 aliphatic rings. The summed E-state index contributed by atoms with van der Waals surface area (Å²) in [4.78, 5) is 23.7. The van der Waals surface area contributed by atoms with Crippen LogP contribution in [-0.2, 0) is 19.4 Å². The SMILES string of the molecule is CNC(=O)c1cc(CCc2cnc(Nc3cnn(CC4CCN(C)CC4)c3)nc2)c(C2CC2)c(OC)c1. The summed E-state index contributed by atoms with van der Waals surface area (Å²) in [7, 11) is 5.51. The van der Waals surface area contributed by atoms with Crippen molar-refractivity contribution >= 4 is 17.5 Å². The number of carbonyl (C=O) groups excluding carboxylic acids is 1. The number of nitrogens with one attached hydrogen (secondary N) is 2. The molecule has 0 spiro atoms. The third-order valence-electron chi connectivity index (χ3n) is 7.48. The summed E-state index contributed by atoms with van der Waals surface area (Å²) in [5, 5.41) is 10.5. The molecule has 3 aromatic rings. The number of hydrogen-bond donors (Lipinski definition) is 2. The first kappa shape index (κ1) is 25.2. The van der Waals surface area contributed by atoms with Gasteiger partial charge in [0.25, 0.3) is 5.91 Å². The van der Waals surface area contributed by atoms with Crippen molar-refractivity contribution in [2.24, 2.45) is 5.92 Å². The van der Waals surface area contributed by atoms with Crippen molar-refractivity contribution in [1.82, 2.24) is 30.0 Å². The summed E-state index contributed by atoms with van der Waals surface area (Å²) in [6, 6.07) is 3.87. The first-order valence-corrected chi connectivity index (χ1v) is 13.2. The molecule has 9 nitrogen and oxygen atoms in total. The molecule has 1 aromatic carbocycles. The van der Waals surface area contributed by atoms with Crippen LogP contribution in [0.1, 0.15) is 58.6 Å². The third kappa shape index (κ3) is 6.28. The highest BCUT2D eigenvalue weighted by Gasteiger charge is 2.30. The van der Waals surface area contributed by atoms with Gasteiger partial charge in [-0.05, 0) is 93.8 Å². The van der Waals surface area contributed by atoms with E-state index in [2.05, 4.69) is 37.6 Å². The molecule has 3 heterocycles. The summed E-state index contributed by atoms with van der Waals surface area (Å²) < 4.78 is 7.69. The van der Waals surface area contributed by atoms with E-state index < -0.39 is 0 Å². The number of ether oxygens (including phenoxy) is 1. The van der Waals surface area contributed by atoms with Gasteiger partial charge in [0.1, 0.15) is 5.75 Å². The van der Waals surface area contributed by atoms with Crippen molar-refractivity contribution in [3.05, 3.63) is 59.2 Å². The third-order valence-corrected chi connectivity index (χ3v) is 7.48. The average Bonchev–Trinajstić information content (AvgIpc) is 3.67. The number of likely N-dealkylation sites (tertiary alicyclic amines) is 1. The van der Waals surface area contributed by atoms with E-state index in [0.29, 0.717) is 23.3 Å². The number of aryl methyl sites for hydroxylation is 2. The number of nitrogens with zero attached hydrogens (tertiary/aromatic N) is 5. The Morgan fingerprint density at radius 2 is 1.84 bits per heavy atom. The molecule has 2 aromatic heterocycles. The molecule has 1 saturated heterocycles. The van der Waals surface area contributed by atoms with Gasteiger partial charge in [-0.2, -0.15) is 5.10 Å². The van der Waals surface area contributed by atoms with Crippen molar-refractivity contribution in [3.8, 4) is 5.75 Å². The minimum Gasteiger partial charge on any atom is -0.496 e. The maximum atomic E-state index is 12.3. The van der Waals surface area contributed by atoms with E-state index in [1.165, 1.54) is 36.8 Å². The number of hydrogen-bond acceptors (Lipinski definition) is 7. The minimum atomic E-state index is -0.102. The van der Waals surface area contributed by atoms with Gasteiger partial charge < -0.3 is 20.3 Å². The lowest BCUT2D eigenvalue weighted by molar-refractivity contribution is 0.0962. The molecule has 2 fully saturated rings. The molecule has 1 aliphatic heterocycles. The Labute approximate surface area is 218 Å². The molecule has 5 rings (SSSR count). The highest BCUT2D eigenvalue weighted by molar-refractivity contribution is 5.94. The van der Waals surface area contributed by atoms with Gasteiger partial charge in [-0.25, -0.2) is 9.97 Å². The quantitative estimate of drug-likeness (QED) is 0.434. The smallest absolute Gasteiger partial charge is 0.251 e. The average molecular weight is 504 g/mol. The summed E-state index contributed by atoms with van der Waals surface area (Å²) in [6.45, 7) is 3.27. The fraction of sp³-hybridized carbons (Fsp3) is 0.500. The first-order chi connectivity index (χ1) is 18.0. The molecule has 9 heteroatoms. The van der Waals surface area contributed by atoms with Crippen molar-refractivity contribution in [2.45, 2.75) is 51.0 Å². The molecule has 1 aliphatic carbocycles. The van der Waals surface area contributed by atoms with Crippen LogP contribution in [0, 0.1) is 5.92 Å². The van der Waals surface area contributed by atoms with Gasteiger partial charge in [-0.3, -0.25) is 9.48 Å². The molecule has 1 saturated carbocycles. The molecule has 0 atom stereocenters. The number of amides is 1. The van der Waals surface area contributed by atoms with Gasteiger partial charge >= 0.3 is 0 Å². The molecule has 37 heavy (non-hydrogen) atoms. The van der Waals surface area contributed by atoms with Crippen molar-refractivity contribution in [2.75, 3.05) is 39.6 Å². The summed E-state index contributed by atoms with van der Waals surface area (Å²) in [5.41, 5.74) is 4.99. The maximum absolute atomic E-state index is 12.3. The van der Waals surface area contributed by atoms with Crippen LogP contribution in [0.4, 0.5) is 11.6 Å². The zero-order valence-corrected chi connectivity index (χ0v) is 22.0. The number of benzene rings is 1. The number of rotatable bonds is 10. The molecule has 1 amide bonds. The van der Waals surface area contributed by atoms with Crippen LogP contribution in [0.15, 0.2) is 36.9 Å².